The van der Waals surface area contributed by atoms with Crippen LogP contribution in [0.15, 0.2) is 48.7 Å². The molecule has 0 aliphatic heterocycles. The minimum absolute atomic E-state index is 0.208. The van der Waals surface area contributed by atoms with Crippen molar-refractivity contribution in [2.75, 3.05) is 0 Å². The lowest BCUT2D eigenvalue weighted by Gasteiger charge is -2.22. The minimum atomic E-state index is -0.537. The van der Waals surface area contributed by atoms with Crippen LogP contribution < -0.4 is 5.32 Å². The summed E-state index contributed by atoms with van der Waals surface area (Å²) < 4.78 is 7.82. The molecule has 3 aromatic rings. The fourth-order valence-electron chi connectivity index (χ4n) is 3.53. The van der Waals surface area contributed by atoms with Crippen LogP contribution in [-0.4, -0.2) is 33.3 Å². The largest absolute Gasteiger partial charge is 0.460 e. The molecule has 1 unspecified atom stereocenters. The van der Waals surface area contributed by atoms with Crippen molar-refractivity contribution >= 4 is 34.8 Å². The molecule has 0 radical (unpaired) electrons. The van der Waals surface area contributed by atoms with Gasteiger partial charge in [-0.15, -0.1) is 11.3 Å². The zero-order chi connectivity index (χ0) is 24.0. The highest BCUT2D eigenvalue weighted by molar-refractivity contribution is 7.18. The molecule has 1 atom stereocenters. The van der Waals surface area contributed by atoms with E-state index in [4.69, 9.17) is 16.3 Å². The monoisotopic (exact) mass is 487 g/mol. The molecule has 0 saturated carbocycles. The number of thiophene rings is 1. The molecule has 1 N–H and O–H groups in total. The van der Waals surface area contributed by atoms with Crippen LogP contribution in [-0.2, 0) is 22.5 Å². The molecule has 176 valence electrons. The van der Waals surface area contributed by atoms with Gasteiger partial charge in [0.05, 0.1) is 10.6 Å². The number of carbonyl (C=O) groups is 2. The number of nitrogens with one attached hydrogen (secondary N) is 1. The summed E-state index contributed by atoms with van der Waals surface area (Å²) in [6, 6.07) is 13.4. The third kappa shape index (κ3) is 7.17. The summed E-state index contributed by atoms with van der Waals surface area (Å²) in [7, 11) is 0. The lowest BCUT2D eigenvalue weighted by atomic mass is 10.0. The summed E-state index contributed by atoms with van der Waals surface area (Å²) in [4.78, 5) is 25.9. The molecule has 8 heteroatoms. The summed E-state index contributed by atoms with van der Waals surface area (Å²) in [6.45, 7) is 8.24. The van der Waals surface area contributed by atoms with Crippen LogP contribution in [0.2, 0.25) is 4.34 Å². The van der Waals surface area contributed by atoms with Crippen molar-refractivity contribution < 1.29 is 14.3 Å². The van der Waals surface area contributed by atoms with E-state index in [1.807, 2.05) is 68.8 Å². The Labute approximate surface area is 203 Å². The minimum Gasteiger partial charge on any atom is -0.460 e. The number of amides is 1. The summed E-state index contributed by atoms with van der Waals surface area (Å²) in [6.07, 6.45) is 3.04. The molecular weight excluding hydrogens is 458 g/mol. The first-order valence-electron chi connectivity index (χ1n) is 11.0. The fourth-order valence-corrected chi connectivity index (χ4v) is 4.73. The van der Waals surface area contributed by atoms with Crippen molar-refractivity contribution in [3.63, 3.8) is 0 Å². The van der Waals surface area contributed by atoms with Crippen molar-refractivity contribution in [2.45, 2.75) is 65.1 Å². The van der Waals surface area contributed by atoms with Gasteiger partial charge in [0.25, 0.3) is 5.91 Å². The highest BCUT2D eigenvalue weighted by atomic mass is 35.5. The van der Waals surface area contributed by atoms with Crippen molar-refractivity contribution in [1.82, 2.24) is 15.1 Å². The van der Waals surface area contributed by atoms with Crippen molar-refractivity contribution in [2.24, 2.45) is 0 Å². The summed E-state index contributed by atoms with van der Waals surface area (Å²) in [5.74, 6) is -0.482. The number of aryl methyl sites for hydroxylation is 1. The van der Waals surface area contributed by atoms with E-state index in [1.165, 1.54) is 11.3 Å². The maximum absolute atomic E-state index is 13.1. The van der Waals surface area contributed by atoms with Crippen LogP contribution in [0.25, 0.3) is 11.3 Å². The van der Waals surface area contributed by atoms with Gasteiger partial charge < -0.3 is 10.1 Å². The lowest BCUT2D eigenvalue weighted by molar-refractivity contribution is -0.155. The van der Waals surface area contributed by atoms with E-state index in [-0.39, 0.29) is 24.3 Å². The Balaban J connectivity index is 1.74. The maximum Gasteiger partial charge on any atom is 0.306 e. The first-order chi connectivity index (χ1) is 15.7. The average molecular weight is 488 g/mol. The molecule has 3 rings (SSSR count). The van der Waals surface area contributed by atoms with Gasteiger partial charge in [0, 0.05) is 30.8 Å². The van der Waals surface area contributed by atoms with Gasteiger partial charge in [0.15, 0.2) is 0 Å². The Hall–Kier alpha value is -2.64. The topological polar surface area (TPSA) is 73.2 Å². The van der Waals surface area contributed by atoms with E-state index in [0.29, 0.717) is 28.6 Å². The van der Waals surface area contributed by atoms with Crippen LogP contribution in [0.5, 0.6) is 0 Å². The molecular formula is C25H30ClN3O3S. The van der Waals surface area contributed by atoms with E-state index < -0.39 is 5.60 Å². The van der Waals surface area contributed by atoms with Gasteiger partial charge in [-0.3, -0.25) is 14.3 Å². The molecule has 0 aliphatic rings. The van der Waals surface area contributed by atoms with Gasteiger partial charge >= 0.3 is 5.97 Å². The Morgan fingerprint density at radius 2 is 1.94 bits per heavy atom. The average Bonchev–Trinajstić information content (AvgIpc) is 3.37. The van der Waals surface area contributed by atoms with Crippen LogP contribution in [0.3, 0.4) is 0 Å². The molecule has 2 aromatic heterocycles. The smallest absolute Gasteiger partial charge is 0.306 e. The number of halogens is 1. The van der Waals surface area contributed by atoms with Gasteiger partial charge in [0.1, 0.15) is 9.94 Å². The summed E-state index contributed by atoms with van der Waals surface area (Å²) >= 11 is 7.72. The molecule has 0 aliphatic carbocycles. The molecule has 0 fully saturated rings. The highest BCUT2D eigenvalue weighted by Crippen LogP contribution is 2.35. The third-order valence-electron chi connectivity index (χ3n) is 4.98. The van der Waals surface area contributed by atoms with Gasteiger partial charge in [-0.1, -0.05) is 41.9 Å². The number of nitrogens with zero attached hydrogens (tertiary/aromatic N) is 2. The summed E-state index contributed by atoms with van der Waals surface area (Å²) in [5, 5.41) is 7.38. The Morgan fingerprint density at radius 3 is 2.61 bits per heavy atom. The van der Waals surface area contributed by atoms with Crippen LogP contribution >= 0.6 is 22.9 Å². The number of carbonyl (C=O) groups excluding carboxylic acids is 2. The van der Waals surface area contributed by atoms with E-state index in [2.05, 4.69) is 10.4 Å². The Bertz CT molecular complexity index is 1090. The molecule has 33 heavy (non-hydrogen) atoms. The number of esters is 1. The normalized spacial score (nSPS) is 12.4. The lowest BCUT2D eigenvalue weighted by Crippen LogP contribution is -2.37. The standard InChI is InChI=1S/C25H30ClN3O3S/c1-5-29-20(13-14-27-29)19-16-21(33-23(19)26)24(31)28-18(15-17-9-7-6-8-10-17)11-12-22(30)32-25(2,3)4/h6-10,13-14,16,18H,5,11-12,15H2,1-4H3,(H,28,31). The number of hydrogen-bond acceptors (Lipinski definition) is 5. The van der Waals surface area contributed by atoms with Gasteiger partial charge in [-0.25, -0.2) is 0 Å². The number of rotatable bonds is 9. The SMILES string of the molecule is CCn1nccc1-c1cc(C(=O)NC(CCC(=O)OC(C)(C)C)Cc2ccccc2)sc1Cl. The van der Waals surface area contributed by atoms with Gasteiger partial charge in [-0.2, -0.15) is 5.10 Å². The van der Waals surface area contributed by atoms with E-state index in [0.717, 1.165) is 16.8 Å². The number of benzene rings is 1. The second-order valence-electron chi connectivity index (χ2n) is 8.82. The Kier molecular flexibility index (Phi) is 8.32. The van der Waals surface area contributed by atoms with Crippen molar-refractivity contribution in [3.8, 4) is 11.3 Å². The zero-order valence-electron chi connectivity index (χ0n) is 19.4. The number of hydrogen-bond donors (Lipinski definition) is 1. The molecule has 6 nitrogen and oxygen atoms in total. The molecule has 0 spiro atoms. The summed E-state index contributed by atoms with van der Waals surface area (Å²) in [5.41, 5.74) is 2.22. The highest BCUT2D eigenvalue weighted by Gasteiger charge is 2.22. The van der Waals surface area contributed by atoms with E-state index in [9.17, 15) is 9.59 Å². The number of ether oxygens (including phenoxy) is 1. The second-order valence-corrected chi connectivity index (χ2v) is 10.5. The van der Waals surface area contributed by atoms with E-state index in [1.54, 1.807) is 12.3 Å². The number of aromatic nitrogens is 2. The van der Waals surface area contributed by atoms with Crippen LogP contribution in [0, 0.1) is 0 Å². The first-order valence-corrected chi connectivity index (χ1v) is 12.2. The Morgan fingerprint density at radius 1 is 1.21 bits per heavy atom. The molecule has 0 bridgehead atoms. The fraction of sp³-hybridized carbons (Fsp3) is 0.400. The van der Waals surface area contributed by atoms with Crippen molar-refractivity contribution in [1.29, 1.82) is 0 Å². The van der Waals surface area contributed by atoms with Crippen LogP contribution in [0.4, 0.5) is 0 Å². The van der Waals surface area contributed by atoms with Gasteiger partial charge in [-0.05, 0) is 58.2 Å². The predicted molar refractivity (Wildman–Crippen MR) is 133 cm³/mol. The second kappa shape index (κ2) is 11.0. The van der Waals surface area contributed by atoms with E-state index >= 15 is 0 Å². The molecule has 0 saturated heterocycles. The first kappa shape index (κ1) is 25.0. The molecule has 1 amide bonds. The molecule has 1 aromatic carbocycles. The van der Waals surface area contributed by atoms with Crippen LogP contribution in [0.1, 0.15) is 55.8 Å². The van der Waals surface area contributed by atoms with Gasteiger partial charge in [0.2, 0.25) is 0 Å². The molecule has 2 heterocycles. The van der Waals surface area contributed by atoms with Crippen molar-refractivity contribution in [3.05, 3.63) is 63.4 Å². The zero-order valence-corrected chi connectivity index (χ0v) is 21.0. The quantitative estimate of drug-likeness (QED) is 0.390. The third-order valence-corrected chi connectivity index (χ3v) is 6.34. The maximum atomic E-state index is 13.1. The predicted octanol–water partition coefficient (Wildman–Crippen LogP) is 5.75.